The first-order chi connectivity index (χ1) is 17.8. The number of hydrogen-bond acceptors (Lipinski definition) is 5. The first kappa shape index (κ1) is 27.2. The molecule has 1 aromatic heterocycles. The van der Waals surface area contributed by atoms with Crippen molar-refractivity contribution in [3.63, 3.8) is 0 Å². The number of ether oxygens (including phenoxy) is 1. The van der Waals surface area contributed by atoms with E-state index in [1.807, 2.05) is 12.1 Å². The number of para-hydroxylation sites is 1. The number of amides is 3. The Morgan fingerprint density at radius 3 is 2.32 bits per heavy atom. The van der Waals surface area contributed by atoms with Crippen molar-refractivity contribution in [2.24, 2.45) is 0 Å². The van der Waals surface area contributed by atoms with E-state index in [4.69, 9.17) is 27.9 Å². The summed E-state index contributed by atoms with van der Waals surface area (Å²) in [5.74, 6) is 0.957. The Morgan fingerprint density at radius 1 is 1.03 bits per heavy atom. The van der Waals surface area contributed by atoms with Gasteiger partial charge in [0.1, 0.15) is 23.1 Å². The Morgan fingerprint density at radius 2 is 1.68 bits per heavy atom. The van der Waals surface area contributed by atoms with Gasteiger partial charge in [-0.1, -0.05) is 68.1 Å². The van der Waals surface area contributed by atoms with Gasteiger partial charge in [-0.15, -0.1) is 11.3 Å². The smallest absolute Gasteiger partial charge is 0.319 e. The number of aromatic nitrogens is 1. The first-order valence-electron chi connectivity index (χ1n) is 12.3. The monoisotopic (exact) mass is 560 g/mol. The molecule has 2 aromatic carbocycles. The minimum atomic E-state index is -0.421. The maximum atomic E-state index is 12.9. The number of anilines is 1. The molecule has 7 nitrogen and oxygen atoms in total. The average molecular weight is 562 g/mol. The van der Waals surface area contributed by atoms with Gasteiger partial charge in [0.05, 0.1) is 21.8 Å². The van der Waals surface area contributed by atoms with Gasteiger partial charge in [0.15, 0.2) is 0 Å². The van der Waals surface area contributed by atoms with Gasteiger partial charge in [-0.25, -0.2) is 9.78 Å². The zero-order valence-electron chi connectivity index (χ0n) is 20.7. The Kier molecular flexibility index (Phi) is 9.29. The molecule has 1 aliphatic carbocycles. The molecule has 4 rings (SSSR count). The lowest BCUT2D eigenvalue weighted by Crippen LogP contribution is -2.54. The molecule has 196 valence electrons. The zero-order valence-corrected chi connectivity index (χ0v) is 23.1. The van der Waals surface area contributed by atoms with Crippen molar-refractivity contribution < 1.29 is 14.3 Å². The van der Waals surface area contributed by atoms with Crippen LogP contribution in [-0.4, -0.2) is 29.0 Å². The van der Waals surface area contributed by atoms with Crippen LogP contribution in [0.15, 0.2) is 47.8 Å². The maximum absolute atomic E-state index is 12.9. The van der Waals surface area contributed by atoms with Crippen molar-refractivity contribution in [2.45, 2.75) is 64.1 Å². The second-order valence-electron chi connectivity index (χ2n) is 9.30. The van der Waals surface area contributed by atoms with Gasteiger partial charge in [0.25, 0.3) is 5.91 Å². The molecule has 0 bridgehead atoms. The highest BCUT2D eigenvalue weighted by Gasteiger charge is 2.29. The van der Waals surface area contributed by atoms with Crippen LogP contribution in [0.1, 0.15) is 66.5 Å². The minimum absolute atomic E-state index is 0.213. The van der Waals surface area contributed by atoms with Crippen LogP contribution in [0.2, 0.25) is 10.0 Å². The van der Waals surface area contributed by atoms with Gasteiger partial charge in [-0.3, -0.25) is 4.79 Å². The summed E-state index contributed by atoms with van der Waals surface area (Å²) >= 11 is 13.7. The summed E-state index contributed by atoms with van der Waals surface area (Å²) in [6.45, 7) is 4.58. The topological polar surface area (TPSA) is 92.3 Å². The van der Waals surface area contributed by atoms with E-state index < -0.39 is 6.03 Å². The zero-order chi connectivity index (χ0) is 26.4. The summed E-state index contributed by atoms with van der Waals surface area (Å²) in [5.41, 5.74) is 1.95. The van der Waals surface area contributed by atoms with Crippen molar-refractivity contribution in [3.8, 4) is 5.75 Å². The molecule has 2 atom stereocenters. The van der Waals surface area contributed by atoms with E-state index in [0.717, 1.165) is 31.4 Å². The Labute approximate surface area is 230 Å². The maximum Gasteiger partial charge on any atom is 0.319 e. The van der Waals surface area contributed by atoms with Gasteiger partial charge in [-0.2, -0.15) is 0 Å². The van der Waals surface area contributed by atoms with E-state index in [1.54, 1.807) is 23.6 Å². The van der Waals surface area contributed by atoms with E-state index >= 15 is 0 Å². The number of rotatable bonds is 8. The molecule has 0 spiro atoms. The molecule has 0 saturated heterocycles. The first-order valence-corrected chi connectivity index (χ1v) is 13.9. The predicted molar refractivity (Wildman–Crippen MR) is 149 cm³/mol. The number of urea groups is 1. The van der Waals surface area contributed by atoms with E-state index in [0.29, 0.717) is 32.4 Å². The van der Waals surface area contributed by atoms with Crippen LogP contribution in [0.3, 0.4) is 0 Å². The Bertz CT molecular complexity index is 1210. The van der Waals surface area contributed by atoms with E-state index in [2.05, 4.69) is 46.9 Å². The standard InChI is InChI=1S/C27H30Cl2N4O3S/c1-16(2)17-10-12-18(13-11-17)36-14-24-30-23(15-37-24)26(34)31-21-8-3-4-9-22(21)32-27(35)33-25-19(28)6-5-7-20(25)29/h5-7,10-13,15-16,21-22H,3-4,8-9,14H2,1-2H3,(H,31,34)(H2,32,33,35)/t21-,22+/m1/s1. The van der Waals surface area contributed by atoms with Crippen molar-refractivity contribution >= 4 is 52.2 Å². The fraction of sp³-hybridized carbons (Fsp3) is 0.370. The van der Waals surface area contributed by atoms with E-state index in [1.165, 1.54) is 16.9 Å². The van der Waals surface area contributed by atoms with Crippen LogP contribution in [0.4, 0.5) is 10.5 Å². The second-order valence-corrected chi connectivity index (χ2v) is 11.1. The molecule has 3 amide bonds. The van der Waals surface area contributed by atoms with Crippen molar-refractivity contribution in [1.82, 2.24) is 15.6 Å². The quantitative estimate of drug-likeness (QED) is 0.276. The van der Waals surface area contributed by atoms with E-state index in [9.17, 15) is 9.59 Å². The molecule has 10 heteroatoms. The summed E-state index contributed by atoms with van der Waals surface area (Å²) < 4.78 is 5.84. The number of hydrogen-bond donors (Lipinski definition) is 3. The van der Waals surface area contributed by atoms with Crippen LogP contribution >= 0.6 is 34.5 Å². The summed E-state index contributed by atoms with van der Waals surface area (Å²) in [6, 6.07) is 12.2. The summed E-state index contributed by atoms with van der Waals surface area (Å²) in [5, 5.41) is 11.9. The number of thiazole rings is 1. The molecular weight excluding hydrogens is 531 g/mol. The molecule has 1 fully saturated rings. The fourth-order valence-electron chi connectivity index (χ4n) is 4.23. The highest BCUT2D eigenvalue weighted by Crippen LogP contribution is 2.30. The normalized spacial score (nSPS) is 17.3. The highest BCUT2D eigenvalue weighted by atomic mass is 35.5. The number of nitrogens with zero attached hydrogens (tertiary/aromatic N) is 1. The molecule has 1 saturated carbocycles. The Hall–Kier alpha value is -2.81. The van der Waals surface area contributed by atoms with Crippen molar-refractivity contribution in [2.75, 3.05) is 5.32 Å². The van der Waals surface area contributed by atoms with Gasteiger partial charge in [0.2, 0.25) is 0 Å². The number of benzene rings is 2. The summed E-state index contributed by atoms with van der Waals surface area (Å²) in [7, 11) is 0. The number of halogens is 2. The van der Waals surface area contributed by atoms with Crippen LogP contribution in [0.5, 0.6) is 5.75 Å². The molecular formula is C27H30Cl2N4O3S. The summed E-state index contributed by atoms with van der Waals surface area (Å²) in [6.07, 6.45) is 3.43. The van der Waals surface area contributed by atoms with Gasteiger partial charge >= 0.3 is 6.03 Å². The molecule has 3 aromatic rings. The SMILES string of the molecule is CC(C)c1ccc(OCc2nc(C(=O)N[C@@H]3CCCC[C@@H]3NC(=O)Nc3c(Cl)cccc3Cl)cs2)cc1. The van der Waals surface area contributed by atoms with Crippen LogP contribution < -0.4 is 20.7 Å². The Balaban J connectivity index is 1.31. The molecule has 0 unspecified atom stereocenters. The van der Waals surface area contributed by atoms with Gasteiger partial charge < -0.3 is 20.7 Å². The number of carbonyl (C=O) groups is 2. The lowest BCUT2D eigenvalue weighted by Gasteiger charge is -2.32. The highest BCUT2D eigenvalue weighted by molar-refractivity contribution is 7.09. The molecule has 37 heavy (non-hydrogen) atoms. The third-order valence-electron chi connectivity index (χ3n) is 6.29. The molecule has 0 radical (unpaired) electrons. The molecule has 1 heterocycles. The second kappa shape index (κ2) is 12.6. The van der Waals surface area contributed by atoms with Gasteiger partial charge in [0, 0.05) is 11.4 Å². The molecule has 1 aliphatic rings. The number of nitrogens with one attached hydrogen (secondary N) is 3. The predicted octanol–water partition coefficient (Wildman–Crippen LogP) is 7.02. The van der Waals surface area contributed by atoms with Gasteiger partial charge in [-0.05, 0) is 48.6 Å². The van der Waals surface area contributed by atoms with Crippen molar-refractivity contribution in [3.05, 3.63) is 74.2 Å². The van der Waals surface area contributed by atoms with E-state index in [-0.39, 0.29) is 24.6 Å². The van der Waals surface area contributed by atoms with Crippen molar-refractivity contribution in [1.29, 1.82) is 0 Å². The molecule has 0 aliphatic heterocycles. The third kappa shape index (κ3) is 7.37. The average Bonchev–Trinajstić information content (AvgIpc) is 3.36. The largest absolute Gasteiger partial charge is 0.486 e. The lowest BCUT2D eigenvalue weighted by molar-refractivity contribution is 0.0911. The molecule has 3 N–H and O–H groups in total. The number of carbonyl (C=O) groups excluding carboxylic acids is 2. The van der Waals surface area contributed by atoms with Crippen LogP contribution in [-0.2, 0) is 6.61 Å². The fourth-order valence-corrected chi connectivity index (χ4v) is 5.41. The minimum Gasteiger partial charge on any atom is -0.486 e. The van der Waals surface area contributed by atoms with Crippen LogP contribution in [0.25, 0.3) is 0 Å². The summed E-state index contributed by atoms with van der Waals surface area (Å²) in [4.78, 5) is 30.0. The van der Waals surface area contributed by atoms with Crippen LogP contribution in [0, 0.1) is 0 Å². The lowest BCUT2D eigenvalue weighted by atomic mass is 9.90. The third-order valence-corrected chi connectivity index (χ3v) is 7.75.